The summed E-state index contributed by atoms with van der Waals surface area (Å²) in [5.41, 5.74) is 0.716. The Morgan fingerprint density at radius 1 is 1.03 bits per heavy atom. The molecule has 3 rings (SSSR count). The highest BCUT2D eigenvalue weighted by atomic mass is 19.4. The topological polar surface area (TPSA) is 98.4 Å². The maximum atomic E-state index is 14.2. The van der Waals surface area contributed by atoms with Crippen LogP contribution in [0.15, 0.2) is 36.4 Å². The minimum Gasteiger partial charge on any atom is -0.550 e. The van der Waals surface area contributed by atoms with E-state index in [0.29, 0.717) is 0 Å². The summed E-state index contributed by atoms with van der Waals surface area (Å²) in [5.74, 6) is -3.92. The Labute approximate surface area is 203 Å². The highest BCUT2D eigenvalue weighted by Gasteiger charge is 2.39. The lowest BCUT2D eigenvalue weighted by Crippen LogP contribution is -2.30. The third kappa shape index (κ3) is 6.27. The van der Waals surface area contributed by atoms with Crippen LogP contribution in [0.5, 0.6) is 0 Å². The van der Waals surface area contributed by atoms with Crippen LogP contribution in [-0.2, 0) is 17.5 Å². The largest absolute Gasteiger partial charge is 0.550 e. The van der Waals surface area contributed by atoms with E-state index in [-0.39, 0.29) is 46.5 Å². The maximum absolute atomic E-state index is 14.2. The zero-order valence-corrected chi connectivity index (χ0v) is 19.4. The molecule has 1 aromatic heterocycles. The lowest BCUT2D eigenvalue weighted by molar-refractivity contribution is -0.307. The number of carboxylic acids is 1. The highest BCUT2D eigenvalue weighted by molar-refractivity contribution is 5.80. The van der Waals surface area contributed by atoms with Gasteiger partial charge in [-0.2, -0.15) is 13.2 Å². The fourth-order valence-corrected chi connectivity index (χ4v) is 4.06. The van der Waals surface area contributed by atoms with Crippen LogP contribution in [-0.4, -0.2) is 37.9 Å². The van der Waals surface area contributed by atoms with Crippen molar-refractivity contribution in [3.63, 3.8) is 0 Å². The van der Waals surface area contributed by atoms with Crippen LogP contribution in [0.4, 0.5) is 22.0 Å². The quantitative estimate of drug-likeness (QED) is 0.427. The molecule has 1 heterocycles. The Morgan fingerprint density at radius 3 is 2.14 bits per heavy atom. The van der Waals surface area contributed by atoms with Crippen LogP contribution in [0, 0.1) is 25.5 Å². The van der Waals surface area contributed by atoms with E-state index in [2.05, 4.69) is 4.98 Å². The number of aliphatic hydroxyl groups is 2. The third-order valence-corrected chi connectivity index (χ3v) is 5.68. The van der Waals surface area contributed by atoms with Gasteiger partial charge in [-0.3, -0.25) is 0 Å². The zero-order chi connectivity index (χ0) is 26.8. The fourth-order valence-electron chi connectivity index (χ4n) is 4.06. The number of carbonyl (C=O) groups excluding carboxylic acids is 1. The van der Waals surface area contributed by atoms with E-state index in [1.54, 1.807) is 0 Å². The molecule has 11 heteroatoms. The molecule has 2 aromatic carbocycles. The van der Waals surface area contributed by atoms with Crippen LogP contribution in [0.25, 0.3) is 22.5 Å². The molecule has 2 atom stereocenters. The molecule has 0 aliphatic carbocycles. The smallest absolute Gasteiger partial charge is 0.449 e. The van der Waals surface area contributed by atoms with Crippen molar-refractivity contribution >= 4 is 5.97 Å². The van der Waals surface area contributed by atoms with Gasteiger partial charge in [0.15, 0.2) is 0 Å². The maximum Gasteiger partial charge on any atom is 0.449 e. The van der Waals surface area contributed by atoms with E-state index in [9.17, 15) is 42.1 Å². The standard InChI is InChI=1S/C25H25F5N2O4/c1-13-9-16(10-14(2)21(13)27)22-23(15-3-5-17(26)6-4-15)32(24(31-22)25(28,29)30)8-7-18(33)11-19(34)12-20(35)36/h3-6,9-10,18-19,33-34H,7-8,11-12H2,1-2H3,(H,35,36)/p-1/t18-,19-/m1/s1. The van der Waals surface area contributed by atoms with Gasteiger partial charge in [-0.15, -0.1) is 0 Å². The zero-order valence-electron chi connectivity index (χ0n) is 19.4. The van der Waals surface area contributed by atoms with Gasteiger partial charge < -0.3 is 24.7 Å². The van der Waals surface area contributed by atoms with Crippen molar-refractivity contribution in [1.29, 1.82) is 0 Å². The molecule has 0 unspecified atom stereocenters. The van der Waals surface area contributed by atoms with Crippen molar-refractivity contribution < 1.29 is 42.1 Å². The second kappa shape index (κ2) is 10.8. The number of benzene rings is 2. The molecule has 0 aliphatic heterocycles. The summed E-state index contributed by atoms with van der Waals surface area (Å²) >= 11 is 0. The van der Waals surface area contributed by atoms with Crippen LogP contribution < -0.4 is 5.11 Å². The lowest BCUT2D eigenvalue weighted by Gasteiger charge is -2.19. The van der Waals surface area contributed by atoms with Gasteiger partial charge in [0.05, 0.1) is 23.6 Å². The van der Waals surface area contributed by atoms with Crippen LogP contribution in [0.1, 0.15) is 36.2 Å². The normalized spacial score (nSPS) is 13.6. The summed E-state index contributed by atoms with van der Waals surface area (Å²) in [6.07, 6.45) is -9.08. The summed E-state index contributed by atoms with van der Waals surface area (Å²) < 4.78 is 70.8. The molecule has 0 saturated carbocycles. The summed E-state index contributed by atoms with van der Waals surface area (Å²) in [7, 11) is 0. The monoisotopic (exact) mass is 511 g/mol. The average molecular weight is 511 g/mol. The fraction of sp³-hybridized carbons (Fsp3) is 0.360. The molecule has 3 aromatic rings. The number of carboxylic acid groups (broad SMARTS) is 1. The second-order valence-corrected chi connectivity index (χ2v) is 8.62. The number of nitrogens with zero attached hydrogens (tertiary/aromatic N) is 2. The average Bonchev–Trinajstić information content (AvgIpc) is 3.15. The molecule has 0 fully saturated rings. The van der Waals surface area contributed by atoms with Crippen molar-refractivity contribution in [2.75, 3.05) is 0 Å². The number of carbonyl (C=O) groups is 1. The molecule has 36 heavy (non-hydrogen) atoms. The minimum atomic E-state index is -4.91. The van der Waals surface area contributed by atoms with Gasteiger partial charge >= 0.3 is 6.18 Å². The number of halogens is 5. The number of aliphatic carboxylic acids is 1. The number of rotatable bonds is 9. The van der Waals surface area contributed by atoms with E-state index >= 15 is 0 Å². The summed E-state index contributed by atoms with van der Waals surface area (Å²) in [4.78, 5) is 14.5. The molecular formula is C25H24F5N2O4-. The second-order valence-electron chi connectivity index (χ2n) is 8.62. The molecule has 6 nitrogen and oxygen atoms in total. The van der Waals surface area contributed by atoms with Gasteiger partial charge in [0, 0.05) is 30.1 Å². The highest BCUT2D eigenvalue weighted by Crippen LogP contribution is 2.40. The van der Waals surface area contributed by atoms with Gasteiger partial charge in [-0.05, 0) is 74.2 Å². The molecule has 194 valence electrons. The minimum absolute atomic E-state index is 0.0183. The first-order valence-electron chi connectivity index (χ1n) is 11.0. The number of aliphatic hydroxyl groups excluding tert-OH is 2. The van der Waals surface area contributed by atoms with Gasteiger partial charge in [0.2, 0.25) is 5.82 Å². The molecule has 2 N–H and O–H groups in total. The van der Waals surface area contributed by atoms with E-state index in [1.807, 2.05) is 0 Å². The Balaban J connectivity index is 2.13. The molecule has 0 amide bonds. The predicted molar refractivity (Wildman–Crippen MR) is 118 cm³/mol. The number of aryl methyl sites for hydroxylation is 2. The Bertz CT molecular complexity index is 1220. The van der Waals surface area contributed by atoms with Crippen LogP contribution >= 0.6 is 0 Å². The molecule has 0 saturated heterocycles. The van der Waals surface area contributed by atoms with Crippen molar-refractivity contribution in [1.82, 2.24) is 9.55 Å². The Kier molecular flexibility index (Phi) is 8.15. The van der Waals surface area contributed by atoms with Crippen molar-refractivity contribution in [2.45, 2.75) is 58.0 Å². The van der Waals surface area contributed by atoms with E-state index in [1.165, 1.54) is 38.1 Å². The SMILES string of the molecule is Cc1cc(-c2nc(C(F)(F)F)n(CC[C@@H](O)C[C@@H](O)CC(=O)[O-])c2-c2ccc(F)cc2)cc(C)c1F. The summed E-state index contributed by atoms with van der Waals surface area (Å²) in [6, 6.07) is 7.47. The van der Waals surface area contributed by atoms with Crippen LogP contribution in [0.2, 0.25) is 0 Å². The molecule has 0 radical (unpaired) electrons. The number of aromatic nitrogens is 2. The number of hydrogen-bond acceptors (Lipinski definition) is 5. The first kappa shape index (κ1) is 27.3. The van der Waals surface area contributed by atoms with E-state index < -0.39 is 54.8 Å². The predicted octanol–water partition coefficient (Wildman–Crippen LogP) is 3.77. The van der Waals surface area contributed by atoms with Gasteiger partial charge in [0.25, 0.3) is 0 Å². The van der Waals surface area contributed by atoms with E-state index in [4.69, 9.17) is 0 Å². The van der Waals surface area contributed by atoms with E-state index in [0.717, 1.165) is 16.7 Å². The molecule has 0 spiro atoms. The Morgan fingerprint density at radius 2 is 1.61 bits per heavy atom. The number of alkyl halides is 3. The van der Waals surface area contributed by atoms with Gasteiger partial charge in [-0.25, -0.2) is 13.8 Å². The summed E-state index contributed by atoms with van der Waals surface area (Å²) in [6.45, 7) is 2.53. The van der Waals surface area contributed by atoms with Gasteiger partial charge in [-0.1, -0.05) is 0 Å². The Hall–Kier alpha value is -3.31. The molecule has 0 aliphatic rings. The summed E-state index contributed by atoms with van der Waals surface area (Å²) in [5, 5.41) is 30.6. The van der Waals surface area contributed by atoms with Crippen molar-refractivity contribution in [3.8, 4) is 22.5 Å². The lowest BCUT2D eigenvalue weighted by atomic mass is 10.00. The third-order valence-electron chi connectivity index (χ3n) is 5.68. The molecular weight excluding hydrogens is 487 g/mol. The number of imidazole rings is 1. The first-order valence-corrected chi connectivity index (χ1v) is 11.0. The molecule has 0 bridgehead atoms. The van der Waals surface area contributed by atoms with Crippen molar-refractivity contribution in [3.05, 3.63) is 65.0 Å². The van der Waals surface area contributed by atoms with Gasteiger partial charge in [0.1, 0.15) is 11.6 Å². The first-order chi connectivity index (χ1) is 16.8. The van der Waals surface area contributed by atoms with Crippen molar-refractivity contribution in [2.24, 2.45) is 0 Å². The van der Waals surface area contributed by atoms with Crippen LogP contribution in [0.3, 0.4) is 0 Å². The number of hydrogen-bond donors (Lipinski definition) is 2.